The maximum atomic E-state index is 4.41. The number of hydrogen-bond acceptors (Lipinski definition) is 3. The van der Waals surface area contributed by atoms with E-state index in [0.29, 0.717) is 0 Å². The van der Waals surface area contributed by atoms with Crippen molar-refractivity contribution in [2.45, 2.75) is 65.5 Å². The molecular formula is C21H33IN6. The third-order valence-corrected chi connectivity index (χ3v) is 5.22. The molecule has 0 atom stereocenters. The van der Waals surface area contributed by atoms with Gasteiger partial charge in [0.05, 0.1) is 0 Å². The normalized spacial score (nSPS) is 14.0. The Morgan fingerprint density at radius 3 is 2.79 bits per heavy atom. The zero-order valence-corrected chi connectivity index (χ0v) is 19.6. The van der Waals surface area contributed by atoms with E-state index in [9.17, 15) is 0 Å². The third kappa shape index (κ3) is 6.18. The molecule has 2 N–H and O–H groups in total. The molecule has 28 heavy (non-hydrogen) atoms. The Morgan fingerprint density at radius 1 is 1.14 bits per heavy atom. The topological polar surface area (TPSA) is 67.1 Å². The lowest BCUT2D eigenvalue weighted by Crippen LogP contribution is -2.37. The summed E-state index contributed by atoms with van der Waals surface area (Å²) in [6.45, 7) is 7.00. The molecule has 154 valence electrons. The summed E-state index contributed by atoms with van der Waals surface area (Å²) >= 11 is 0. The average Bonchev–Trinajstić information content (AvgIpc) is 2.88. The van der Waals surface area contributed by atoms with Crippen molar-refractivity contribution < 1.29 is 0 Å². The van der Waals surface area contributed by atoms with Crippen LogP contribution in [-0.2, 0) is 25.9 Å². The van der Waals surface area contributed by atoms with E-state index < -0.39 is 0 Å². The standard InChI is InChI=1S/C21H32N6.HI/c1-16-10-11-18(17(2)14-16)15-24-21(22-3)23-12-7-9-20-26-25-19-8-5-4-6-13-27(19)20;/h10-11,14H,4-9,12-13,15H2,1-3H3,(H2,22,23,24);1H. The van der Waals surface area contributed by atoms with Crippen molar-refractivity contribution in [1.82, 2.24) is 25.4 Å². The molecule has 0 radical (unpaired) electrons. The number of fused-ring (bicyclic) bond motifs is 1. The molecule has 0 unspecified atom stereocenters. The van der Waals surface area contributed by atoms with E-state index in [1.54, 1.807) is 0 Å². The molecule has 0 saturated carbocycles. The van der Waals surface area contributed by atoms with Gasteiger partial charge in [0.1, 0.15) is 11.6 Å². The van der Waals surface area contributed by atoms with Crippen molar-refractivity contribution in [1.29, 1.82) is 0 Å². The second kappa shape index (κ2) is 11.4. The Labute approximate surface area is 185 Å². The van der Waals surface area contributed by atoms with E-state index in [1.165, 1.54) is 41.8 Å². The third-order valence-electron chi connectivity index (χ3n) is 5.22. The van der Waals surface area contributed by atoms with E-state index in [0.717, 1.165) is 50.7 Å². The van der Waals surface area contributed by atoms with Gasteiger partial charge in [-0.2, -0.15) is 0 Å². The van der Waals surface area contributed by atoms with Gasteiger partial charge in [-0.3, -0.25) is 4.99 Å². The first kappa shape index (κ1) is 22.6. The van der Waals surface area contributed by atoms with Crippen LogP contribution in [0, 0.1) is 13.8 Å². The molecule has 0 saturated heterocycles. The fraction of sp³-hybridized carbons (Fsp3) is 0.571. The first-order valence-corrected chi connectivity index (χ1v) is 10.1. The molecule has 6 nitrogen and oxygen atoms in total. The summed E-state index contributed by atoms with van der Waals surface area (Å²) < 4.78 is 2.33. The summed E-state index contributed by atoms with van der Waals surface area (Å²) in [7, 11) is 1.82. The summed E-state index contributed by atoms with van der Waals surface area (Å²) in [6, 6.07) is 6.55. The van der Waals surface area contributed by atoms with Crippen LogP contribution in [0.1, 0.15) is 54.0 Å². The molecule has 0 amide bonds. The number of aliphatic imine (C=N–C) groups is 1. The first-order valence-electron chi connectivity index (χ1n) is 10.1. The molecule has 1 aliphatic rings. The number of benzene rings is 1. The van der Waals surface area contributed by atoms with Crippen molar-refractivity contribution in [2.75, 3.05) is 13.6 Å². The van der Waals surface area contributed by atoms with Crippen LogP contribution in [0.4, 0.5) is 0 Å². The Morgan fingerprint density at radius 2 is 2.00 bits per heavy atom. The fourth-order valence-corrected chi connectivity index (χ4v) is 3.63. The Bertz CT molecular complexity index is 783. The quantitative estimate of drug-likeness (QED) is 0.278. The first-order chi connectivity index (χ1) is 13.2. The van der Waals surface area contributed by atoms with Gasteiger partial charge < -0.3 is 15.2 Å². The zero-order chi connectivity index (χ0) is 19.1. The molecule has 3 rings (SSSR count). The van der Waals surface area contributed by atoms with Crippen LogP contribution in [0.2, 0.25) is 0 Å². The molecule has 1 aromatic carbocycles. The molecule has 0 aliphatic carbocycles. The van der Waals surface area contributed by atoms with Gasteiger partial charge in [0.15, 0.2) is 5.96 Å². The predicted molar refractivity (Wildman–Crippen MR) is 125 cm³/mol. The predicted octanol–water partition coefficient (Wildman–Crippen LogP) is 3.54. The number of aryl methyl sites for hydroxylation is 4. The second-order valence-corrected chi connectivity index (χ2v) is 7.38. The van der Waals surface area contributed by atoms with Crippen LogP contribution in [0.25, 0.3) is 0 Å². The molecule has 0 bridgehead atoms. The van der Waals surface area contributed by atoms with Crippen molar-refractivity contribution in [3.63, 3.8) is 0 Å². The summed E-state index contributed by atoms with van der Waals surface area (Å²) in [5.74, 6) is 3.14. The zero-order valence-electron chi connectivity index (χ0n) is 17.3. The number of rotatable bonds is 6. The molecule has 1 aromatic heterocycles. The minimum absolute atomic E-state index is 0. The lowest BCUT2D eigenvalue weighted by molar-refractivity contribution is 0.594. The fourth-order valence-electron chi connectivity index (χ4n) is 3.63. The minimum Gasteiger partial charge on any atom is -0.356 e. The van der Waals surface area contributed by atoms with E-state index >= 15 is 0 Å². The number of nitrogens with one attached hydrogen (secondary N) is 2. The molecule has 0 fully saturated rings. The highest BCUT2D eigenvalue weighted by Crippen LogP contribution is 2.15. The van der Waals surface area contributed by atoms with E-state index in [1.807, 2.05) is 7.05 Å². The molecule has 2 aromatic rings. The summed E-state index contributed by atoms with van der Waals surface area (Å²) in [5, 5.41) is 15.6. The largest absolute Gasteiger partial charge is 0.356 e. The molecule has 1 aliphatic heterocycles. The van der Waals surface area contributed by atoms with Crippen LogP contribution in [0.5, 0.6) is 0 Å². The van der Waals surface area contributed by atoms with E-state index in [4.69, 9.17) is 0 Å². The van der Waals surface area contributed by atoms with Gasteiger partial charge in [0, 0.05) is 39.5 Å². The Hall–Kier alpha value is -1.64. The highest BCUT2D eigenvalue weighted by molar-refractivity contribution is 14.0. The maximum Gasteiger partial charge on any atom is 0.191 e. The van der Waals surface area contributed by atoms with Crippen LogP contribution < -0.4 is 10.6 Å². The summed E-state index contributed by atoms with van der Waals surface area (Å²) in [5.41, 5.74) is 3.91. The van der Waals surface area contributed by atoms with Gasteiger partial charge in [-0.25, -0.2) is 0 Å². The van der Waals surface area contributed by atoms with Gasteiger partial charge in [-0.15, -0.1) is 34.2 Å². The number of hydrogen-bond donors (Lipinski definition) is 2. The number of halogens is 1. The Balaban J connectivity index is 0.00000280. The van der Waals surface area contributed by atoms with Crippen molar-refractivity contribution >= 4 is 29.9 Å². The van der Waals surface area contributed by atoms with E-state index in [-0.39, 0.29) is 24.0 Å². The van der Waals surface area contributed by atoms with Gasteiger partial charge in [-0.1, -0.05) is 30.2 Å². The second-order valence-electron chi connectivity index (χ2n) is 7.38. The van der Waals surface area contributed by atoms with Crippen LogP contribution in [-0.4, -0.2) is 34.3 Å². The maximum absolute atomic E-state index is 4.41. The highest BCUT2D eigenvalue weighted by atomic mass is 127. The molecule has 2 heterocycles. The van der Waals surface area contributed by atoms with Crippen molar-refractivity contribution in [3.05, 3.63) is 46.5 Å². The van der Waals surface area contributed by atoms with Gasteiger partial charge in [0.25, 0.3) is 0 Å². The smallest absolute Gasteiger partial charge is 0.191 e. The molecule has 7 heteroatoms. The number of guanidine groups is 1. The van der Waals surface area contributed by atoms with Crippen LogP contribution in [0.15, 0.2) is 23.2 Å². The van der Waals surface area contributed by atoms with Gasteiger partial charge in [-0.05, 0) is 44.2 Å². The van der Waals surface area contributed by atoms with Crippen LogP contribution >= 0.6 is 24.0 Å². The van der Waals surface area contributed by atoms with Gasteiger partial charge >= 0.3 is 0 Å². The van der Waals surface area contributed by atoms with Gasteiger partial charge in [0.2, 0.25) is 0 Å². The lowest BCUT2D eigenvalue weighted by atomic mass is 10.1. The Kier molecular flexibility index (Phi) is 9.21. The van der Waals surface area contributed by atoms with E-state index in [2.05, 4.69) is 62.4 Å². The number of aromatic nitrogens is 3. The minimum atomic E-state index is 0. The summed E-state index contributed by atoms with van der Waals surface area (Å²) in [6.07, 6.45) is 6.82. The average molecular weight is 496 g/mol. The molecule has 0 spiro atoms. The monoisotopic (exact) mass is 496 g/mol. The highest BCUT2D eigenvalue weighted by Gasteiger charge is 2.14. The van der Waals surface area contributed by atoms with Crippen molar-refractivity contribution in [2.24, 2.45) is 4.99 Å². The SMILES string of the molecule is CN=C(NCCCc1nnc2n1CCCCC2)NCc1ccc(C)cc1C.I. The molecular weight excluding hydrogens is 463 g/mol. The van der Waals surface area contributed by atoms with Crippen LogP contribution in [0.3, 0.4) is 0 Å². The van der Waals surface area contributed by atoms with Crippen molar-refractivity contribution in [3.8, 4) is 0 Å². The number of nitrogens with zero attached hydrogens (tertiary/aromatic N) is 4. The lowest BCUT2D eigenvalue weighted by Gasteiger charge is -2.13. The summed E-state index contributed by atoms with van der Waals surface area (Å²) in [4.78, 5) is 4.33.